The fraction of sp³-hybridized carbons (Fsp3) is 0.222. The Morgan fingerprint density at radius 1 is 0.636 bits per heavy atom. The van der Waals surface area contributed by atoms with Crippen LogP contribution >= 0.6 is 23.5 Å². The van der Waals surface area contributed by atoms with Gasteiger partial charge in [0.25, 0.3) is 0 Å². The van der Waals surface area contributed by atoms with Crippen molar-refractivity contribution in [3.05, 3.63) is 70.8 Å². The molecular weight excluding hydrogens is 308 g/mol. The summed E-state index contributed by atoms with van der Waals surface area (Å²) < 4.78 is 0. The molecule has 4 heteroatoms. The molecule has 0 unspecified atom stereocenters. The quantitative estimate of drug-likeness (QED) is 0.699. The summed E-state index contributed by atoms with van der Waals surface area (Å²) >= 11 is 3.83. The first-order chi connectivity index (χ1) is 10.8. The van der Waals surface area contributed by atoms with E-state index < -0.39 is 0 Å². The zero-order chi connectivity index (χ0) is 15.6. The average molecular weight is 324 g/mol. The van der Waals surface area contributed by atoms with E-state index in [1.165, 1.54) is 11.1 Å². The third-order valence-electron chi connectivity index (χ3n) is 3.08. The third-order valence-corrected chi connectivity index (χ3v) is 5.39. The lowest BCUT2D eigenvalue weighted by molar-refractivity contribution is 1.37. The summed E-state index contributed by atoms with van der Waals surface area (Å²) in [4.78, 5) is 0. The van der Waals surface area contributed by atoms with Crippen molar-refractivity contribution in [2.45, 2.75) is 11.5 Å². The highest BCUT2D eigenvalue weighted by molar-refractivity contribution is 8.02. The lowest BCUT2D eigenvalue weighted by Crippen LogP contribution is -1.89. The fourth-order valence-electron chi connectivity index (χ4n) is 1.85. The molecule has 0 radical (unpaired) electrons. The summed E-state index contributed by atoms with van der Waals surface area (Å²) in [5.41, 5.74) is 3.96. The maximum atomic E-state index is 8.75. The van der Waals surface area contributed by atoms with Crippen LogP contribution in [0, 0.1) is 22.7 Å². The lowest BCUT2D eigenvalue weighted by Gasteiger charge is -2.03. The van der Waals surface area contributed by atoms with Crippen LogP contribution in [-0.2, 0) is 11.5 Å². The minimum absolute atomic E-state index is 0.715. The Hall–Kier alpha value is -1.88. The van der Waals surface area contributed by atoms with Gasteiger partial charge in [0, 0.05) is 23.0 Å². The second kappa shape index (κ2) is 9.20. The van der Waals surface area contributed by atoms with Crippen molar-refractivity contribution in [2.75, 3.05) is 11.5 Å². The Morgan fingerprint density at radius 2 is 1.00 bits per heavy atom. The van der Waals surface area contributed by atoms with Crippen LogP contribution in [0.4, 0.5) is 0 Å². The summed E-state index contributed by atoms with van der Waals surface area (Å²) in [5.74, 6) is 4.20. The molecule has 2 rings (SSSR count). The van der Waals surface area contributed by atoms with Gasteiger partial charge in [0.15, 0.2) is 0 Å². The summed E-state index contributed by atoms with van der Waals surface area (Å²) in [7, 11) is 0. The van der Waals surface area contributed by atoms with E-state index in [-0.39, 0.29) is 0 Å². The van der Waals surface area contributed by atoms with Gasteiger partial charge in [-0.2, -0.15) is 34.0 Å². The molecule has 0 amide bonds. The van der Waals surface area contributed by atoms with Crippen LogP contribution in [0.15, 0.2) is 48.5 Å². The van der Waals surface area contributed by atoms with Crippen LogP contribution in [0.2, 0.25) is 0 Å². The fourth-order valence-corrected chi connectivity index (χ4v) is 3.94. The van der Waals surface area contributed by atoms with Gasteiger partial charge in [0.2, 0.25) is 0 Å². The van der Waals surface area contributed by atoms with Gasteiger partial charge < -0.3 is 0 Å². The molecule has 110 valence electrons. The topological polar surface area (TPSA) is 47.6 Å². The van der Waals surface area contributed by atoms with E-state index in [1.807, 2.05) is 72.1 Å². The van der Waals surface area contributed by atoms with E-state index in [0.29, 0.717) is 11.1 Å². The number of rotatable bonds is 7. The number of thioether (sulfide) groups is 2. The first-order valence-corrected chi connectivity index (χ1v) is 9.26. The van der Waals surface area contributed by atoms with Crippen molar-refractivity contribution in [3.8, 4) is 12.1 Å². The van der Waals surface area contributed by atoms with Gasteiger partial charge in [-0.25, -0.2) is 0 Å². The highest BCUT2D eigenvalue weighted by Gasteiger charge is 1.97. The molecule has 0 bridgehead atoms. The Bertz CT molecular complexity index is 603. The van der Waals surface area contributed by atoms with E-state index in [9.17, 15) is 0 Å². The number of hydrogen-bond donors (Lipinski definition) is 0. The maximum Gasteiger partial charge on any atom is 0.0991 e. The Labute approximate surface area is 140 Å². The van der Waals surface area contributed by atoms with Crippen molar-refractivity contribution in [2.24, 2.45) is 0 Å². The van der Waals surface area contributed by atoms with E-state index in [0.717, 1.165) is 23.0 Å². The molecule has 0 atom stereocenters. The van der Waals surface area contributed by atoms with E-state index in [2.05, 4.69) is 12.1 Å². The normalized spacial score (nSPS) is 9.91. The van der Waals surface area contributed by atoms with E-state index in [1.54, 1.807) is 0 Å². The van der Waals surface area contributed by atoms with Gasteiger partial charge in [-0.05, 0) is 35.4 Å². The zero-order valence-electron chi connectivity index (χ0n) is 12.2. The Morgan fingerprint density at radius 3 is 1.32 bits per heavy atom. The van der Waals surface area contributed by atoms with Gasteiger partial charge in [-0.3, -0.25) is 0 Å². The molecule has 22 heavy (non-hydrogen) atoms. The molecule has 0 fully saturated rings. The lowest BCUT2D eigenvalue weighted by atomic mass is 10.2. The molecule has 2 aromatic carbocycles. The second-order valence-electron chi connectivity index (χ2n) is 4.72. The highest BCUT2D eigenvalue weighted by atomic mass is 32.2. The van der Waals surface area contributed by atoms with Crippen LogP contribution in [0.3, 0.4) is 0 Å². The average Bonchev–Trinajstić information content (AvgIpc) is 2.59. The summed E-state index contributed by atoms with van der Waals surface area (Å²) in [5, 5.41) is 17.5. The number of benzene rings is 2. The molecule has 0 aromatic heterocycles. The molecule has 0 spiro atoms. The Balaban J connectivity index is 1.60. The van der Waals surface area contributed by atoms with Gasteiger partial charge in [-0.15, -0.1) is 0 Å². The molecule has 0 heterocycles. The molecule has 0 aliphatic carbocycles. The molecule has 2 aromatic rings. The molecule has 0 saturated heterocycles. The highest BCUT2D eigenvalue weighted by Crippen LogP contribution is 2.17. The molecule has 0 aliphatic heterocycles. The number of nitriles is 2. The van der Waals surface area contributed by atoms with Gasteiger partial charge in [-0.1, -0.05) is 24.3 Å². The predicted molar refractivity (Wildman–Crippen MR) is 94.6 cm³/mol. The molecule has 0 N–H and O–H groups in total. The van der Waals surface area contributed by atoms with Crippen LogP contribution in [-0.4, -0.2) is 11.5 Å². The SMILES string of the molecule is N#Cc1ccc(CSCCSCc2ccc(C#N)cc2)cc1. The zero-order valence-corrected chi connectivity index (χ0v) is 13.8. The summed E-state index contributed by atoms with van der Waals surface area (Å²) in [6.45, 7) is 0. The van der Waals surface area contributed by atoms with Crippen molar-refractivity contribution >= 4 is 23.5 Å². The van der Waals surface area contributed by atoms with Crippen LogP contribution in [0.1, 0.15) is 22.3 Å². The minimum Gasteiger partial charge on any atom is -0.192 e. The van der Waals surface area contributed by atoms with Crippen molar-refractivity contribution in [3.63, 3.8) is 0 Å². The third kappa shape index (κ3) is 5.48. The van der Waals surface area contributed by atoms with E-state index >= 15 is 0 Å². The molecule has 0 aliphatic rings. The van der Waals surface area contributed by atoms with Crippen LogP contribution < -0.4 is 0 Å². The largest absolute Gasteiger partial charge is 0.192 e. The molecule has 2 nitrogen and oxygen atoms in total. The molecular formula is C18H16N2S2. The van der Waals surface area contributed by atoms with Crippen molar-refractivity contribution in [1.29, 1.82) is 10.5 Å². The van der Waals surface area contributed by atoms with Crippen molar-refractivity contribution < 1.29 is 0 Å². The Kier molecular flexibility index (Phi) is 6.90. The second-order valence-corrected chi connectivity index (χ2v) is 6.93. The standard InChI is InChI=1S/C18H16N2S2/c19-11-15-1-5-17(6-2-15)13-21-9-10-22-14-18-7-3-16(12-20)4-8-18/h1-8H,9-10,13-14H2. The predicted octanol–water partition coefficient (Wildman–Crippen LogP) is 4.60. The summed E-state index contributed by atoms with van der Waals surface area (Å²) in [6.07, 6.45) is 0. The monoisotopic (exact) mass is 324 g/mol. The number of nitrogens with zero attached hydrogens (tertiary/aromatic N) is 2. The van der Waals surface area contributed by atoms with Gasteiger partial charge >= 0.3 is 0 Å². The summed E-state index contributed by atoms with van der Waals surface area (Å²) in [6, 6.07) is 19.8. The van der Waals surface area contributed by atoms with Gasteiger partial charge in [0.1, 0.15) is 0 Å². The smallest absolute Gasteiger partial charge is 0.0991 e. The van der Waals surface area contributed by atoms with Crippen molar-refractivity contribution in [1.82, 2.24) is 0 Å². The number of hydrogen-bond acceptors (Lipinski definition) is 4. The first kappa shape index (κ1) is 16.5. The van der Waals surface area contributed by atoms with Crippen LogP contribution in [0.5, 0.6) is 0 Å². The minimum atomic E-state index is 0.715. The van der Waals surface area contributed by atoms with Gasteiger partial charge in [0.05, 0.1) is 23.3 Å². The molecule has 0 saturated carbocycles. The van der Waals surface area contributed by atoms with E-state index in [4.69, 9.17) is 10.5 Å². The van der Waals surface area contributed by atoms with Crippen LogP contribution in [0.25, 0.3) is 0 Å². The first-order valence-electron chi connectivity index (χ1n) is 6.95. The maximum absolute atomic E-state index is 8.75.